The third-order valence-electron chi connectivity index (χ3n) is 2.83. The van der Waals surface area contributed by atoms with Crippen molar-refractivity contribution in [3.8, 4) is 0 Å². The summed E-state index contributed by atoms with van der Waals surface area (Å²) in [6, 6.07) is 0. The van der Waals surface area contributed by atoms with E-state index in [1.165, 1.54) is 6.42 Å². The highest BCUT2D eigenvalue weighted by molar-refractivity contribution is 7.47. The molecule has 0 aliphatic heterocycles. The van der Waals surface area contributed by atoms with Gasteiger partial charge in [0.1, 0.15) is 6.10 Å². The average Bonchev–Trinajstić information content (AvgIpc) is 2.49. The SMILES string of the molecule is CCCCCCCC(=O)NCCOP(=O)(O)OCC(O)CO. The van der Waals surface area contributed by atoms with Gasteiger partial charge in [0.25, 0.3) is 0 Å². The number of aliphatic hydroxyl groups excluding tert-OH is 2. The normalized spacial score (nSPS) is 15.3. The van der Waals surface area contributed by atoms with Gasteiger partial charge in [0.2, 0.25) is 5.91 Å². The lowest BCUT2D eigenvalue weighted by atomic mass is 10.1. The number of hydrogen-bond acceptors (Lipinski definition) is 6. The van der Waals surface area contributed by atoms with Crippen LogP contribution in [0.4, 0.5) is 0 Å². The molecule has 1 amide bonds. The van der Waals surface area contributed by atoms with E-state index in [-0.39, 0.29) is 19.1 Å². The number of carbonyl (C=O) groups is 1. The molecular weight excluding hydrogens is 313 g/mol. The highest BCUT2D eigenvalue weighted by Gasteiger charge is 2.22. The first-order valence-corrected chi connectivity index (χ1v) is 9.08. The second-order valence-corrected chi connectivity index (χ2v) is 6.40. The summed E-state index contributed by atoms with van der Waals surface area (Å²) in [6.45, 7) is 0.971. The summed E-state index contributed by atoms with van der Waals surface area (Å²) in [5.74, 6) is -0.121. The van der Waals surface area contributed by atoms with Crippen LogP contribution in [0.2, 0.25) is 0 Å². The summed E-state index contributed by atoms with van der Waals surface area (Å²) in [5, 5.41) is 20.1. The lowest BCUT2D eigenvalue weighted by Gasteiger charge is -2.14. The second-order valence-electron chi connectivity index (χ2n) is 4.95. The molecule has 2 unspecified atom stereocenters. The Hall–Kier alpha value is -0.500. The highest BCUT2D eigenvalue weighted by Crippen LogP contribution is 2.42. The first kappa shape index (κ1) is 21.5. The molecule has 0 rings (SSSR count). The molecule has 0 aromatic heterocycles. The number of rotatable bonds is 14. The van der Waals surface area contributed by atoms with Gasteiger partial charge in [0.05, 0.1) is 19.8 Å². The van der Waals surface area contributed by atoms with Crippen LogP contribution in [0.25, 0.3) is 0 Å². The fourth-order valence-electron chi connectivity index (χ4n) is 1.60. The van der Waals surface area contributed by atoms with Crippen molar-refractivity contribution in [2.24, 2.45) is 0 Å². The van der Waals surface area contributed by atoms with Gasteiger partial charge < -0.3 is 20.4 Å². The first-order chi connectivity index (χ1) is 10.4. The number of phosphoric acid groups is 1. The maximum Gasteiger partial charge on any atom is 0.472 e. The maximum atomic E-state index is 11.5. The first-order valence-electron chi connectivity index (χ1n) is 7.58. The smallest absolute Gasteiger partial charge is 0.394 e. The van der Waals surface area contributed by atoms with Crippen molar-refractivity contribution in [1.82, 2.24) is 5.32 Å². The molecule has 0 heterocycles. The number of amides is 1. The Balaban J connectivity index is 3.61. The largest absolute Gasteiger partial charge is 0.472 e. The molecule has 0 aliphatic carbocycles. The summed E-state index contributed by atoms with van der Waals surface area (Å²) in [4.78, 5) is 20.7. The van der Waals surface area contributed by atoms with Gasteiger partial charge in [-0.2, -0.15) is 0 Å². The number of hydrogen-bond donors (Lipinski definition) is 4. The van der Waals surface area contributed by atoms with Crippen LogP contribution in [0.1, 0.15) is 45.4 Å². The van der Waals surface area contributed by atoms with Crippen molar-refractivity contribution in [2.45, 2.75) is 51.6 Å². The third kappa shape index (κ3) is 13.2. The standard InChI is InChI=1S/C13H28NO7P/c1-2-3-4-5-6-7-13(17)14-8-9-20-22(18,19)21-11-12(16)10-15/h12,15-16H,2-11H2,1H3,(H,14,17)(H,18,19). The lowest BCUT2D eigenvalue weighted by Crippen LogP contribution is -2.27. The van der Waals surface area contributed by atoms with Gasteiger partial charge in [-0.3, -0.25) is 13.8 Å². The van der Waals surface area contributed by atoms with E-state index in [9.17, 15) is 14.3 Å². The Labute approximate surface area is 131 Å². The molecule has 0 radical (unpaired) electrons. The molecule has 0 saturated heterocycles. The number of nitrogens with one attached hydrogen (secondary N) is 1. The van der Waals surface area contributed by atoms with E-state index in [4.69, 9.17) is 10.2 Å². The minimum absolute atomic E-state index is 0.101. The predicted octanol–water partition coefficient (Wildman–Crippen LogP) is 0.950. The molecule has 0 fully saturated rings. The lowest BCUT2D eigenvalue weighted by molar-refractivity contribution is -0.121. The molecule has 132 valence electrons. The minimum atomic E-state index is -4.28. The molecule has 0 saturated carbocycles. The third-order valence-corrected chi connectivity index (χ3v) is 3.81. The van der Waals surface area contributed by atoms with E-state index in [1.54, 1.807) is 0 Å². The molecule has 0 aliphatic rings. The maximum absolute atomic E-state index is 11.5. The quantitative estimate of drug-likeness (QED) is 0.274. The fraction of sp³-hybridized carbons (Fsp3) is 0.923. The summed E-state index contributed by atoms with van der Waals surface area (Å²) in [6.07, 6.45) is 4.49. The molecule has 8 nitrogen and oxygen atoms in total. The van der Waals surface area contributed by atoms with E-state index >= 15 is 0 Å². The molecule has 9 heteroatoms. The van der Waals surface area contributed by atoms with Crippen molar-refractivity contribution in [3.05, 3.63) is 0 Å². The molecule has 0 bridgehead atoms. The topological polar surface area (TPSA) is 125 Å². The Morgan fingerprint density at radius 1 is 1.23 bits per heavy atom. The zero-order chi connectivity index (χ0) is 16.8. The molecule has 0 aromatic carbocycles. The molecule has 0 aromatic rings. The fourth-order valence-corrected chi connectivity index (χ4v) is 2.36. The van der Waals surface area contributed by atoms with E-state index < -0.39 is 27.1 Å². The Kier molecular flexibility index (Phi) is 12.7. The van der Waals surface area contributed by atoms with Crippen molar-refractivity contribution < 1.29 is 33.5 Å². The van der Waals surface area contributed by atoms with Crippen LogP contribution in [0, 0.1) is 0 Å². The summed E-state index contributed by atoms with van der Waals surface area (Å²) >= 11 is 0. The monoisotopic (exact) mass is 341 g/mol. The van der Waals surface area contributed by atoms with Crippen molar-refractivity contribution in [1.29, 1.82) is 0 Å². The number of unbranched alkanes of at least 4 members (excludes halogenated alkanes) is 4. The van der Waals surface area contributed by atoms with Gasteiger partial charge in [-0.1, -0.05) is 32.6 Å². The summed E-state index contributed by atoms with van der Waals surface area (Å²) < 4.78 is 20.4. The van der Waals surface area contributed by atoms with E-state index in [0.29, 0.717) is 6.42 Å². The average molecular weight is 341 g/mol. The van der Waals surface area contributed by atoms with Crippen molar-refractivity contribution >= 4 is 13.7 Å². The van der Waals surface area contributed by atoms with Gasteiger partial charge in [-0.25, -0.2) is 4.57 Å². The van der Waals surface area contributed by atoms with Gasteiger partial charge >= 0.3 is 7.82 Å². The van der Waals surface area contributed by atoms with Gasteiger partial charge in [-0.05, 0) is 6.42 Å². The van der Waals surface area contributed by atoms with Crippen LogP contribution in [-0.4, -0.2) is 53.5 Å². The van der Waals surface area contributed by atoms with Crippen LogP contribution in [-0.2, 0) is 18.4 Å². The van der Waals surface area contributed by atoms with E-state index in [1.807, 2.05) is 0 Å². The van der Waals surface area contributed by atoms with E-state index in [2.05, 4.69) is 21.3 Å². The van der Waals surface area contributed by atoms with Crippen molar-refractivity contribution in [2.75, 3.05) is 26.4 Å². The van der Waals surface area contributed by atoms with Crippen LogP contribution in [0.5, 0.6) is 0 Å². The van der Waals surface area contributed by atoms with Crippen LogP contribution < -0.4 is 5.32 Å². The zero-order valence-electron chi connectivity index (χ0n) is 13.1. The summed E-state index contributed by atoms with van der Waals surface area (Å²) in [7, 11) is -4.28. The zero-order valence-corrected chi connectivity index (χ0v) is 14.0. The Bertz CT molecular complexity index is 340. The number of carbonyl (C=O) groups excluding carboxylic acids is 1. The van der Waals surface area contributed by atoms with E-state index in [0.717, 1.165) is 25.7 Å². The second kappa shape index (κ2) is 13.0. The van der Waals surface area contributed by atoms with Gasteiger partial charge in [-0.15, -0.1) is 0 Å². The summed E-state index contributed by atoms with van der Waals surface area (Å²) in [5.41, 5.74) is 0. The minimum Gasteiger partial charge on any atom is -0.394 e. The van der Waals surface area contributed by atoms with Crippen LogP contribution >= 0.6 is 7.82 Å². The van der Waals surface area contributed by atoms with Gasteiger partial charge in [0, 0.05) is 13.0 Å². The highest BCUT2D eigenvalue weighted by atomic mass is 31.2. The predicted molar refractivity (Wildman–Crippen MR) is 81.2 cm³/mol. The Morgan fingerprint density at radius 2 is 1.91 bits per heavy atom. The number of aliphatic hydroxyl groups is 2. The molecule has 2 atom stereocenters. The Morgan fingerprint density at radius 3 is 2.55 bits per heavy atom. The van der Waals surface area contributed by atoms with Gasteiger partial charge in [0.15, 0.2) is 0 Å². The van der Waals surface area contributed by atoms with Crippen LogP contribution in [0.15, 0.2) is 0 Å². The molecule has 4 N–H and O–H groups in total. The van der Waals surface area contributed by atoms with Crippen molar-refractivity contribution in [3.63, 3.8) is 0 Å². The molecule has 0 spiro atoms. The number of phosphoric ester groups is 1. The van der Waals surface area contributed by atoms with Crippen LogP contribution in [0.3, 0.4) is 0 Å². The molecule has 22 heavy (non-hydrogen) atoms. The molecular formula is C13H28NO7P.